The molecule has 0 spiro atoms. The summed E-state index contributed by atoms with van der Waals surface area (Å²) < 4.78 is 0. The van der Waals surface area contributed by atoms with E-state index in [1.54, 1.807) is 0 Å². The molecule has 0 fully saturated rings. The van der Waals surface area contributed by atoms with Gasteiger partial charge in [0.15, 0.2) is 0 Å². The summed E-state index contributed by atoms with van der Waals surface area (Å²) in [6.07, 6.45) is 2.28. The summed E-state index contributed by atoms with van der Waals surface area (Å²) in [5.41, 5.74) is 0.255. The smallest absolute Gasteiger partial charge is 0.0166 e. The van der Waals surface area contributed by atoms with Crippen LogP contribution in [0.2, 0.25) is 0 Å². The van der Waals surface area contributed by atoms with E-state index in [9.17, 15) is 0 Å². The van der Waals surface area contributed by atoms with Crippen LogP contribution in [0.4, 0.5) is 0 Å². The highest BCUT2D eigenvalue weighted by molar-refractivity contribution is 4.86. The molecular weight excluding hydrogens is 538 g/mol. The Labute approximate surface area is 268 Å². The number of likely N-dealkylation sites (N-methyl/N-ethyl adjacent to an activating group) is 6. The van der Waals surface area contributed by atoms with Crippen LogP contribution < -0.4 is 37.2 Å². The topological polar surface area (TPSA) is 97.2 Å². The van der Waals surface area contributed by atoms with Gasteiger partial charge >= 0.3 is 0 Å². The van der Waals surface area contributed by atoms with Gasteiger partial charge in [0, 0.05) is 116 Å². The van der Waals surface area contributed by atoms with E-state index in [4.69, 9.17) is 0 Å². The number of hydrogen-bond acceptors (Lipinski definition) is 11. The van der Waals surface area contributed by atoms with Crippen molar-refractivity contribution in [3.05, 3.63) is 0 Å². The lowest BCUT2D eigenvalue weighted by atomic mass is 9.96. The number of nitrogens with zero attached hydrogens (tertiary/aromatic N) is 4. The molecule has 0 radical (unpaired) electrons. The van der Waals surface area contributed by atoms with Gasteiger partial charge in [-0.25, -0.2) is 0 Å². The molecule has 0 aromatic heterocycles. The molecule has 260 valence electrons. The molecule has 0 saturated heterocycles. The third-order valence-corrected chi connectivity index (χ3v) is 8.55. The zero-order valence-electron chi connectivity index (χ0n) is 30.4. The van der Waals surface area contributed by atoms with Gasteiger partial charge in [0.05, 0.1) is 0 Å². The molecule has 0 atom stereocenters. The molecule has 0 amide bonds. The molecule has 0 rings (SSSR count). The average Bonchev–Trinajstić information content (AvgIpc) is 2.96. The Morgan fingerprint density at radius 2 is 0.860 bits per heavy atom. The summed E-state index contributed by atoms with van der Waals surface area (Å²) >= 11 is 0. The summed E-state index contributed by atoms with van der Waals surface area (Å²) in [7, 11) is 12.5. The summed E-state index contributed by atoms with van der Waals surface area (Å²) in [5, 5.41) is 24.3. The highest BCUT2D eigenvalue weighted by atomic mass is 15.2. The second-order valence-corrected chi connectivity index (χ2v) is 13.5. The molecule has 43 heavy (non-hydrogen) atoms. The molecule has 0 aliphatic rings. The summed E-state index contributed by atoms with van der Waals surface area (Å²) in [4.78, 5) is 10.0. The van der Waals surface area contributed by atoms with E-state index < -0.39 is 0 Å². The molecule has 0 bridgehead atoms. The van der Waals surface area contributed by atoms with Gasteiger partial charge in [0.25, 0.3) is 0 Å². The highest BCUT2D eigenvalue weighted by Gasteiger charge is 2.27. The van der Waals surface area contributed by atoms with Gasteiger partial charge in [-0.05, 0) is 95.9 Å². The van der Waals surface area contributed by atoms with Gasteiger partial charge in [-0.2, -0.15) is 0 Å². The highest BCUT2D eigenvalue weighted by Crippen LogP contribution is 2.19. The van der Waals surface area contributed by atoms with Crippen molar-refractivity contribution >= 4 is 0 Å². The summed E-state index contributed by atoms with van der Waals surface area (Å²) in [5.74, 6) is 0. The summed E-state index contributed by atoms with van der Waals surface area (Å²) in [6.45, 7) is 28.6. The fourth-order valence-corrected chi connectivity index (χ4v) is 5.03. The monoisotopic (exact) mass is 616 g/mol. The van der Waals surface area contributed by atoms with E-state index in [1.807, 2.05) is 21.1 Å². The Morgan fingerprint density at radius 3 is 1.37 bits per heavy atom. The van der Waals surface area contributed by atoms with Crippen LogP contribution >= 0.6 is 0 Å². The van der Waals surface area contributed by atoms with Gasteiger partial charge in [0.1, 0.15) is 0 Å². The van der Waals surface area contributed by atoms with Crippen molar-refractivity contribution in [1.82, 2.24) is 56.8 Å². The van der Waals surface area contributed by atoms with E-state index in [1.165, 1.54) is 0 Å². The lowest BCUT2D eigenvalue weighted by molar-refractivity contribution is 0.0952. The lowest BCUT2D eigenvalue weighted by Gasteiger charge is -2.41. The van der Waals surface area contributed by atoms with Gasteiger partial charge in [-0.3, -0.25) is 4.90 Å². The zero-order chi connectivity index (χ0) is 32.4. The quantitative estimate of drug-likeness (QED) is 0.0497. The van der Waals surface area contributed by atoms with Crippen LogP contribution in [0.15, 0.2) is 0 Å². The molecule has 0 aromatic rings. The van der Waals surface area contributed by atoms with Crippen LogP contribution in [0, 0.1) is 0 Å². The molecular formula is C32H77N11. The largest absolute Gasteiger partial charge is 0.318 e. The molecule has 0 aliphatic carbocycles. The van der Waals surface area contributed by atoms with E-state index in [0.29, 0.717) is 0 Å². The van der Waals surface area contributed by atoms with E-state index in [2.05, 4.69) is 106 Å². The van der Waals surface area contributed by atoms with E-state index in [0.717, 1.165) is 131 Å². The first-order valence-corrected chi connectivity index (χ1v) is 17.1. The predicted molar refractivity (Wildman–Crippen MR) is 190 cm³/mol. The van der Waals surface area contributed by atoms with Gasteiger partial charge in [-0.15, -0.1) is 0 Å². The third kappa shape index (κ3) is 24.5. The molecule has 11 nitrogen and oxygen atoms in total. The lowest BCUT2D eigenvalue weighted by Crippen LogP contribution is -2.53. The van der Waals surface area contributed by atoms with Crippen molar-refractivity contribution in [2.45, 2.75) is 51.6 Å². The van der Waals surface area contributed by atoms with Crippen molar-refractivity contribution in [2.75, 3.05) is 160 Å². The van der Waals surface area contributed by atoms with Gasteiger partial charge in [0.2, 0.25) is 0 Å². The van der Waals surface area contributed by atoms with Crippen LogP contribution in [0.5, 0.6) is 0 Å². The number of rotatable bonds is 32. The molecule has 11 heteroatoms. The Morgan fingerprint density at radius 1 is 0.442 bits per heavy atom. The van der Waals surface area contributed by atoms with Crippen molar-refractivity contribution in [2.24, 2.45) is 0 Å². The van der Waals surface area contributed by atoms with Crippen LogP contribution in [0.1, 0.15) is 40.5 Å². The Bertz CT molecular complexity index is 598. The fourth-order valence-electron chi connectivity index (χ4n) is 5.03. The molecule has 7 N–H and O–H groups in total. The molecule has 0 heterocycles. The van der Waals surface area contributed by atoms with Crippen LogP contribution in [0.25, 0.3) is 0 Å². The van der Waals surface area contributed by atoms with E-state index in [-0.39, 0.29) is 11.1 Å². The van der Waals surface area contributed by atoms with Crippen molar-refractivity contribution < 1.29 is 0 Å². The fraction of sp³-hybridized carbons (Fsp3) is 1.00. The molecule has 0 saturated carbocycles. The van der Waals surface area contributed by atoms with Crippen molar-refractivity contribution in [3.63, 3.8) is 0 Å². The maximum absolute atomic E-state index is 3.86. The molecule has 0 aromatic carbocycles. The Hall–Kier alpha value is -0.440. The van der Waals surface area contributed by atoms with Crippen molar-refractivity contribution in [1.29, 1.82) is 0 Å². The normalized spacial score (nSPS) is 13.0. The first-order chi connectivity index (χ1) is 20.5. The molecule has 0 aliphatic heterocycles. The van der Waals surface area contributed by atoms with Crippen LogP contribution in [0.3, 0.4) is 0 Å². The van der Waals surface area contributed by atoms with Gasteiger partial charge in [-0.1, -0.05) is 0 Å². The summed E-state index contributed by atoms with van der Waals surface area (Å²) in [6, 6.07) is 0. The first kappa shape index (κ1) is 42.6. The molecule has 0 unspecified atom stereocenters. The third-order valence-electron chi connectivity index (χ3n) is 8.55. The minimum Gasteiger partial charge on any atom is -0.318 e. The van der Waals surface area contributed by atoms with E-state index >= 15 is 0 Å². The Balaban J connectivity index is 4.35. The average molecular weight is 616 g/mol. The number of nitrogens with one attached hydrogen (secondary N) is 7. The minimum atomic E-state index is 0.110. The first-order valence-electron chi connectivity index (χ1n) is 17.1. The second kappa shape index (κ2) is 26.7. The Kier molecular flexibility index (Phi) is 26.5. The van der Waals surface area contributed by atoms with Crippen molar-refractivity contribution in [3.8, 4) is 0 Å². The zero-order valence-corrected chi connectivity index (χ0v) is 30.4. The SMILES string of the molecule is CNCCN(C)CCNCCN(C)CCNCCC(C)(C)NCCN(CCNC)C(C)(C)CCN(CCNC)CCNC. The van der Waals surface area contributed by atoms with Gasteiger partial charge < -0.3 is 51.9 Å². The standard InChI is InChI=1S/C32H77N11/c1-31(2,11-13-37-18-24-41(10)26-20-38-19-25-40(9)23-14-33-5)39-21-30-43(29-17-36-8)32(3,4)12-22-42(27-15-34-6)28-16-35-7/h33-39H,11-30H2,1-10H3. The maximum Gasteiger partial charge on any atom is 0.0166 e. The van der Waals surface area contributed by atoms with Crippen LogP contribution in [-0.2, 0) is 0 Å². The second-order valence-electron chi connectivity index (χ2n) is 13.5. The van der Waals surface area contributed by atoms with Crippen LogP contribution in [-0.4, -0.2) is 191 Å². The number of hydrogen-bond donors (Lipinski definition) is 7. The minimum absolute atomic E-state index is 0.110. The predicted octanol–water partition coefficient (Wildman–Crippen LogP) is -0.562. The maximum atomic E-state index is 3.86.